The molecule has 1 unspecified atom stereocenters. The van der Waals surface area contributed by atoms with Gasteiger partial charge in [0.1, 0.15) is 6.04 Å². The molecule has 6 heteroatoms. The number of halogens is 1. The van der Waals surface area contributed by atoms with Gasteiger partial charge in [0.15, 0.2) is 5.78 Å². The van der Waals surface area contributed by atoms with Crippen molar-refractivity contribution in [3.8, 4) is 0 Å². The average molecular weight is 243 g/mol. The van der Waals surface area contributed by atoms with Crippen molar-refractivity contribution < 1.29 is 14.7 Å². The third-order valence-electron chi connectivity index (χ3n) is 2.08. The van der Waals surface area contributed by atoms with Crippen LogP contribution >= 0.6 is 11.6 Å². The van der Waals surface area contributed by atoms with Gasteiger partial charge < -0.3 is 16.6 Å². The second kappa shape index (κ2) is 4.96. The maximum absolute atomic E-state index is 11.7. The van der Waals surface area contributed by atoms with Crippen LogP contribution in [0.4, 0.5) is 5.69 Å². The van der Waals surface area contributed by atoms with Crippen molar-refractivity contribution in [2.45, 2.75) is 12.5 Å². The fourth-order valence-electron chi connectivity index (χ4n) is 1.18. The first-order chi connectivity index (χ1) is 7.43. The summed E-state index contributed by atoms with van der Waals surface area (Å²) in [6, 6.07) is 3.37. The van der Waals surface area contributed by atoms with Crippen molar-refractivity contribution in [1.29, 1.82) is 0 Å². The van der Waals surface area contributed by atoms with Crippen LogP contribution in [0.3, 0.4) is 0 Å². The first kappa shape index (κ1) is 12.5. The van der Waals surface area contributed by atoms with Gasteiger partial charge in [0, 0.05) is 12.0 Å². The molecule has 0 aliphatic heterocycles. The van der Waals surface area contributed by atoms with Crippen LogP contribution in [0.5, 0.6) is 0 Å². The molecule has 0 saturated carbocycles. The monoisotopic (exact) mass is 242 g/mol. The lowest BCUT2D eigenvalue weighted by Crippen LogP contribution is -2.32. The smallest absolute Gasteiger partial charge is 0.320 e. The van der Waals surface area contributed by atoms with Gasteiger partial charge in [-0.05, 0) is 12.1 Å². The minimum Gasteiger partial charge on any atom is -0.480 e. The first-order valence-corrected chi connectivity index (χ1v) is 4.87. The summed E-state index contributed by atoms with van der Waals surface area (Å²) in [5.41, 5.74) is 11.2. The summed E-state index contributed by atoms with van der Waals surface area (Å²) >= 11 is 5.73. The van der Waals surface area contributed by atoms with E-state index in [1.807, 2.05) is 0 Å². The average Bonchev–Trinajstić information content (AvgIpc) is 2.21. The van der Waals surface area contributed by atoms with E-state index in [-0.39, 0.29) is 22.7 Å². The van der Waals surface area contributed by atoms with Gasteiger partial charge in [0.05, 0.1) is 10.7 Å². The van der Waals surface area contributed by atoms with E-state index in [0.717, 1.165) is 0 Å². The molecule has 16 heavy (non-hydrogen) atoms. The van der Waals surface area contributed by atoms with Crippen LogP contribution in [0.1, 0.15) is 16.8 Å². The largest absolute Gasteiger partial charge is 0.480 e. The maximum Gasteiger partial charge on any atom is 0.320 e. The van der Waals surface area contributed by atoms with Crippen molar-refractivity contribution in [2.75, 3.05) is 5.73 Å². The zero-order valence-corrected chi connectivity index (χ0v) is 9.07. The van der Waals surface area contributed by atoms with E-state index in [1.165, 1.54) is 6.07 Å². The van der Waals surface area contributed by atoms with Crippen molar-refractivity contribution in [3.05, 3.63) is 28.8 Å². The normalized spacial score (nSPS) is 12.1. The van der Waals surface area contributed by atoms with Crippen LogP contribution in [-0.2, 0) is 4.79 Å². The number of carboxylic acid groups (broad SMARTS) is 1. The van der Waals surface area contributed by atoms with Crippen molar-refractivity contribution in [1.82, 2.24) is 0 Å². The van der Waals surface area contributed by atoms with Crippen LogP contribution in [0.2, 0.25) is 5.02 Å². The number of anilines is 1. The van der Waals surface area contributed by atoms with Crippen LogP contribution < -0.4 is 11.5 Å². The first-order valence-electron chi connectivity index (χ1n) is 4.49. The Hall–Kier alpha value is -1.59. The number of carbonyl (C=O) groups is 2. The van der Waals surface area contributed by atoms with E-state index in [9.17, 15) is 9.59 Å². The number of carboxylic acids is 1. The van der Waals surface area contributed by atoms with E-state index in [2.05, 4.69) is 0 Å². The summed E-state index contributed by atoms with van der Waals surface area (Å²) in [6.07, 6.45) is -0.306. The fourth-order valence-corrected chi connectivity index (χ4v) is 1.35. The SMILES string of the molecule is Nc1c(Cl)cccc1C(=O)CC(N)C(=O)O. The van der Waals surface area contributed by atoms with Gasteiger partial charge in [-0.1, -0.05) is 17.7 Å². The summed E-state index contributed by atoms with van der Waals surface area (Å²) in [5, 5.41) is 8.83. The third-order valence-corrected chi connectivity index (χ3v) is 2.41. The van der Waals surface area contributed by atoms with E-state index >= 15 is 0 Å². The van der Waals surface area contributed by atoms with Gasteiger partial charge in [-0.25, -0.2) is 0 Å². The van der Waals surface area contributed by atoms with Crippen molar-refractivity contribution in [2.24, 2.45) is 5.73 Å². The molecular formula is C10H11ClN2O3. The molecule has 5 N–H and O–H groups in total. The molecule has 5 nitrogen and oxygen atoms in total. The molecular weight excluding hydrogens is 232 g/mol. The molecule has 0 spiro atoms. The quantitative estimate of drug-likeness (QED) is 0.537. The van der Waals surface area contributed by atoms with Gasteiger partial charge in [-0.15, -0.1) is 0 Å². The molecule has 1 aromatic rings. The zero-order chi connectivity index (χ0) is 12.3. The number of hydrogen-bond acceptors (Lipinski definition) is 4. The Morgan fingerprint density at radius 2 is 2.06 bits per heavy atom. The predicted octanol–water partition coefficient (Wildman–Crippen LogP) is 0.907. The Labute approximate surface area is 97.0 Å². The molecule has 86 valence electrons. The Morgan fingerprint density at radius 3 is 2.62 bits per heavy atom. The molecule has 0 bridgehead atoms. The Kier molecular flexibility index (Phi) is 3.87. The summed E-state index contributed by atoms with van der Waals surface area (Å²) in [6.45, 7) is 0. The number of rotatable bonds is 4. The van der Waals surface area contributed by atoms with Gasteiger partial charge in [0.25, 0.3) is 0 Å². The summed E-state index contributed by atoms with van der Waals surface area (Å²) in [5.74, 6) is -1.66. The van der Waals surface area contributed by atoms with E-state index < -0.39 is 17.8 Å². The Balaban J connectivity index is 2.89. The van der Waals surface area contributed by atoms with Crippen LogP contribution in [0.15, 0.2) is 18.2 Å². The lowest BCUT2D eigenvalue weighted by molar-refractivity contribution is -0.138. The Morgan fingerprint density at radius 1 is 1.44 bits per heavy atom. The number of carbonyl (C=O) groups excluding carboxylic acids is 1. The molecule has 1 rings (SSSR count). The highest BCUT2D eigenvalue weighted by Crippen LogP contribution is 2.23. The van der Waals surface area contributed by atoms with E-state index in [1.54, 1.807) is 12.1 Å². The fraction of sp³-hybridized carbons (Fsp3) is 0.200. The molecule has 0 aliphatic rings. The van der Waals surface area contributed by atoms with Crippen LogP contribution in [-0.4, -0.2) is 22.9 Å². The molecule has 0 aromatic heterocycles. The minimum absolute atomic E-state index is 0.145. The molecule has 0 amide bonds. The highest BCUT2D eigenvalue weighted by atomic mass is 35.5. The molecule has 0 heterocycles. The van der Waals surface area contributed by atoms with Crippen LogP contribution in [0, 0.1) is 0 Å². The highest BCUT2D eigenvalue weighted by molar-refractivity contribution is 6.34. The number of Topliss-reactive ketones (excluding diaryl/α,β-unsaturated/α-hetero) is 1. The summed E-state index contributed by atoms with van der Waals surface area (Å²) in [7, 11) is 0. The van der Waals surface area contributed by atoms with Crippen molar-refractivity contribution >= 4 is 29.0 Å². The Bertz CT molecular complexity index is 434. The van der Waals surface area contributed by atoms with Gasteiger partial charge in [-0.3, -0.25) is 9.59 Å². The predicted molar refractivity (Wildman–Crippen MR) is 60.4 cm³/mol. The number of aliphatic carboxylic acids is 1. The molecule has 0 aliphatic carbocycles. The van der Waals surface area contributed by atoms with Gasteiger partial charge in [-0.2, -0.15) is 0 Å². The minimum atomic E-state index is -1.23. The molecule has 1 atom stereocenters. The zero-order valence-electron chi connectivity index (χ0n) is 8.31. The number of hydrogen-bond donors (Lipinski definition) is 3. The number of para-hydroxylation sites is 1. The second-order valence-electron chi connectivity index (χ2n) is 3.27. The second-order valence-corrected chi connectivity index (χ2v) is 3.68. The maximum atomic E-state index is 11.7. The topological polar surface area (TPSA) is 106 Å². The van der Waals surface area contributed by atoms with Crippen molar-refractivity contribution in [3.63, 3.8) is 0 Å². The van der Waals surface area contributed by atoms with E-state index in [0.29, 0.717) is 0 Å². The van der Waals surface area contributed by atoms with Gasteiger partial charge in [0.2, 0.25) is 0 Å². The number of nitrogens with two attached hydrogens (primary N) is 2. The van der Waals surface area contributed by atoms with Crippen LogP contribution in [0.25, 0.3) is 0 Å². The number of benzene rings is 1. The lowest BCUT2D eigenvalue weighted by atomic mass is 10.0. The molecule has 0 fully saturated rings. The number of ketones is 1. The number of nitrogen functional groups attached to an aromatic ring is 1. The highest BCUT2D eigenvalue weighted by Gasteiger charge is 2.19. The molecule has 0 saturated heterocycles. The third kappa shape index (κ3) is 2.71. The molecule has 1 aromatic carbocycles. The lowest BCUT2D eigenvalue weighted by Gasteiger charge is -2.08. The summed E-state index contributed by atoms with van der Waals surface area (Å²) in [4.78, 5) is 22.1. The summed E-state index contributed by atoms with van der Waals surface area (Å²) < 4.78 is 0. The molecule has 0 radical (unpaired) electrons. The van der Waals surface area contributed by atoms with E-state index in [4.69, 9.17) is 28.2 Å². The standard InChI is InChI=1S/C10H11ClN2O3/c11-6-3-1-2-5(9(6)13)8(14)4-7(12)10(15)16/h1-3,7H,4,12-13H2,(H,15,16). The van der Waals surface area contributed by atoms with Gasteiger partial charge >= 0.3 is 5.97 Å².